The SMILES string of the molecule is CCc1nn(C)cc1-c1nc(Cl)c2c(n1)CSC2. The summed E-state index contributed by atoms with van der Waals surface area (Å²) in [6.07, 6.45) is 2.82. The van der Waals surface area contributed by atoms with Crippen LogP contribution < -0.4 is 0 Å². The van der Waals surface area contributed by atoms with Crippen LogP contribution in [0, 0.1) is 0 Å². The van der Waals surface area contributed by atoms with Crippen LogP contribution in [0.25, 0.3) is 11.4 Å². The molecule has 0 atom stereocenters. The molecule has 3 heterocycles. The van der Waals surface area contributed by atoms with Gasteiger partial charge in [0.2, 0.25) is 0 Å². The van der Waals surface area contributed by atoms with Crippen LogP contribution in [0.5, 0.6) is 0 Å². The van der Waals surface area contributed by atoms with Gasteiger partial charge in [-0.1, -0.05) is 18.5 Å². The first-order chi connectivity index (χ1) is 8.69. The van der Waals surface area contributed by atoms with E-state index in [9.17, 15) is 0 Å². The smallest absolute Gasteiger partial charge is 0.164 e. The Balaban J connectivity index is 2.14. The molecule has 0 bridgehead atoms. The summed E-state index contributed by atoms with van der Waals surface area (Å²) in [6, 6.07) is 0. The quantitative estimate of drug-likeness (QED) is 0.794. The van der Waals surface area contributed by atoms with Crippen molar-refractivity contribution >= 4 is 23.4 Å². The predicted octanol–water partition coefficient (Wildman–Crippen LogP) is 2.84. The Bertz CT molecular complexity index is 608. The Kier molecular flexibility index (Phi) is 3.03. The molecule has 0 aliphatic carbocycles. The van der Waals surface area contributed by atoms with Crippen LogP contribution in [0.4, 0.5) is 0 Å². The van der Waals surface area contributed by atoms with Gasteiger partial charge >= 0.3 is 0 Å². The zero-order valence-corrected chi connectivity index (χ0v) is 11.8. The molecule has 0 amide bonds. The highest BCUT2D eigenvalue weighted by molar-refractivity contribution is 7.98. The molecular weight excluding hydrogens is 268 g/mol. The minimum Gasteiger partial charge on any atom is -0.275 e. The Morgan fingerprint density at radius 1 is 1.39 bits per heavy atom. The van der Waals surface area contributed by atoms with Gasteiger partial charge in [0.05, 0.1) is 17.0 Å². The molecule has 0 fully saturated rings. The van der Waals surface area contributed by atoms with Crippen LogP contribution in [0.3, 0.4) is 0 Å². The summed E-state index contributed by atoms with van der Waals surface area (Å²) >= 11 is 8.06. The highest BCUT2D eigenvalue weighted by Crippen LogP contribution is 2.34. The number of nitrogens with zero attached hydrogens (tertiary/aromatic N) is 4. The standard InChI is InChI=1S/C12H13ClN4S/c1-3-9-7(4-17(2)16-9)12-14-10-6-18-5-8(10)11(13)15-12/h4H,3,5-6H2,1-2H3. The van der Waals surface area contributed by atoms with Gasteiger partial charge in [-0.25, -0.2) is 9.97 Å². The summed E-state index contributed by atoms with van der Waals surface area (Å²) in [6.45, 7) is 2.08. The van der Waals surface area contributed by atoms with E-state index in [4.69, 9.17) is 11.6 Å². The van der Waals surface area contributed by atoms with Gasteiger partial charge in [0.1, 0.15) is 5.15 Å². The van der Waals surface area contributed by atoms with Crippen LogP contribution in [0.1, 0.15) is 23.9 Å². The van der Waals surface area contributed by atoms with Crippen LogP contribution in [0.15, 0.2) is 6.20 Å². The van der Waals surface area contributed by atoms with Gasteiger partial charge in [-0.2, -0.15) is 16.9 Å². The summed E-state index contributed by atoms with van der Waals surface area (Å²) in [4.78, 5) is 9.06. The second-order valence-electron chi connectivity index (χ2n) is 4.27. The molecule has 2 aromatic heterocycles. The van der Waals surface area contributed by atoms with Crippen LogP contribution in [-0.4, -0.2) is 19.7 Å². The van der Waals surface area contributed by atoms with E-state index in [1.165, 1.54) is 0 Å². The summed E-state index contributed by atoms with van der Waals surface area (Å²) in [7, 11) is 1.91. The van der Waals surface area contributed by atoms with Gasteiger partial charge in [0.15, 0.2) is 5.82 Å². The minimum atomic E-state index is 0.589. The lowest BCUT2D eigenvalue weighted by atomic mass is 10.2. The van der Waals surface area contributed by atoms with Gasteiger partial charge in [-0.15, -0.1) is 0 Å². The molecule has 2 aromatic rings. The summed E-state index contributed by atoms with van der Waals surface area (Å²) in [5, 5.41) is 5.01. The largest absolute Gasteiger partial charge is 0.275 e. The maximum absolute atomic E-state index is 6.24. The highest BCUT2D eigenvalue weighted by atomic mass is 35.5. The summed E-state index contributed by atoms with van der Waals surface area (Å²) in [5.74, 6) is 2.54. The molecule has 0 saturated carbocycles. The van der Waals surface area contributed by atoms with E-state index in [2.05, 4.69) is 22.0 Å². The number of fused-ring (bicyclic) bond motifs is 1. The summed E-state index contributed by atoms with van der Waals surface area (Å²) < 4.78 is 1.80. The van der Waals surface area contributed by atoms with Crippen molar-refractivity contribution in [1.82, 2.24) is 19.7 Å². The number of thioether (sulfide) groups is 1. The molecule has 0 aromatic carbocycles. The number of aryl methyl sites for hydroxylation is 2. The average molecular weight is 281 g/mol. The first-order valence-electron chi connectivity index (χ1n) is 5.85. The average Bonchev–Trinajstić information content (AvgIpc) is 2.94. The fourth-order valence-corrected chi connectivity index (χ4v) is 3.49. The Morgan fingerprint density at radius 3 is 3.00 bits per heavy atom. The number of hydrogen-bond acceptors (Lipinski definition) is 4. The third kappa shape index (κ3) is 1.91. The van der Waals surface area contributed by atoms with Crippen molar-refractivity contribution < 1.29 is 0 Å². The third-order valence-electron chi connectivity index (χ3n) is 3.01. The molecule has 0 spiro atoms. The first-order valence-corrected chi connectivity index (χ1v) is 7.38. The normalized spacial score (nSPS) is 13.9. The van der Waals surface area contributed by atoms with E-state index in [1.807, 2.05) is 25.0 Å². The lowest BCUT2D eigenvalue weighted by Crippen LogP contribution is -1.98. The van der Waals surface area contributed by atoms with Crippen molar-refractivity contribution in [1.29, 1.82) is 0 Å². The second-order valence-corrected chi connectivity index (χ2v) is 5.62. The highest BCUT2D eigenvalue weighted by Gasteiger charge is 2.21. The molecular formula is C12H13ClN4S. The number of halogens is 1. The van der Waals surface area contributed by atoms with Crippen LogP contribution >= 0.6 is 23.4 Å². The lowest BCUT2D eigenvalue weighted by molar-refractivity contribution is 0.746. The van der Waals surface area contributed by atoms with Gasteiger partial charge in [0.25, 0.3) is 0 Å². The van der Waals surface area contributed by atoms with Crippen molar-refractivity contribution in [3.8, 4) is 11.4 Å². The van der Waals surface area contributed by atoms with Gasteiger partial charge in [-0.05, 0) is 6.42 Å². The second kappa shape index (κ2) is 4.55. The van der Waals surface area contributed by atoms with E-state index >= 15 is 0 Å². The topological polar surface area (TPSA) is 43.6 Å². The molecule has 18 heavy (non-hydrogen) atoms. The molecule has 4 nitrogen and oxygen atoms in total. The van der Waals surface area contributed by atoms with Crippen LogP contribution in [-0.2, 0) is 25.0 Å². The predicted molar refractivity (Wildman–Crippen MR) is 73.6 cm³/mol. The molecule has 94 valence electrons. The Morgan fingerprint density at radius 2 is 2.22 bits per heavy atom. The van der Waals surface area contributed by atoms with Gasteiger partial charge in [-0.3, -0.25) is 4.68 Å². The maximum atomic E-state index is 6.24. The van der Waals surface area contributed by atoms with Crippen molar-refractivity contribution in [2.75, 3.05) is 0 Å². The monoisotopic (exact) mass is 280 g/mol. The first kappa shape index (κ1) is 12.0. The zero-order valence-electron chi connectivity index (χ0n) is 10.3. The number of rotatable bonds is 2. The van der Waals surface area contributed by atoms with Gasteiger partial charge in [0, 0.05) is 30.3 Å². The van der Waals surface area contributed by atoms with E-state index < -0.39 is 0 Å². The molecule has 0 unspecified atom stereocenters. The molecule has 0 radical (unpaired) electrons. The molecule has 6 heteroatoms. The molecule has 0 N–H and O–H groups in total. The fourth-order valence-electron chi connectivity index (χ4n) is 2.11. The van der Waals surface area contributed by atoms with Crippen molar-refractivity contribution in [2.24, 2.45) is 7.05 Å². The van der Waals surface area contributed by atoms with Crippen LogP contribution in [0.2, 0.25) is 5.15 Å². The van der Waals surface area contributed by atoms with E-state index in [0.29, 0.717) is 11.0 Å². The van der Waals surface area contributed by atoms with Gasteiger partial charge < -0.3 is 0 Å². The Hall–Kier alpha value is -1.07. The minimum absolute atomic E-state index is 0.589. The molecule has 3 rings (SSSR count). The Labute approximate surface area is 115 Å². The van der Waals surface area contributed by atoms with E-state index in [0.717, 1.165) is 40.4 Å². The lowest BCUT2D eigenvalue weighted by Gasteiger charge is -2.04. The van der Waals surface area contributed by atoms with Crippen molar-refractivity contribution in [3.63, 3.8) is 0 Å². The van der Waals surface area contributed by atoms with E-state index in [1.54, 1.807) is 4.68 Å². The zero-order chi connectivity index (χ0) is 12.7. The maximum Gasteiger partial charge on any atom is 0.164 e. The number of hydrogen-bond donors (Lipinski definition) is 0. The molecule has 1 aliphatic heterocycles. The fraction of sp³-hybridized carbons (Fsp3) is 0.417. The van der Waals surface area contributed by atoms with E-state index in [-0.39, 0.29) is 0 Å². The third-order valence-corrected chi connectivity index (χ3v) is 4.29. The molecule has 1 aliphatic rings. The molecule has 0 saturated heterocycles. The summed E-state index contributed by atoms with van der Waals surface area (Å²) in [5.41, 5.74) is 4.16. The van der Waals surface area contributed by atoms with Crippen molar-refractivity contribution in [3.05, 3.63) is 28.3 Å². The number of aromatic nitrogens is 4. The van der Waals surface area contributed by atoms with Crippen molar-refractivity contribution in [2.45, 2.75) is 24.9 Å².